The quantitative estimate of drug-likeness (QED) is 0.806. The van der Waals surface area contributed by atoms with E-state index in [4.69, 9.17) is 5.73 Å². The summed E-state index contributed by atoms with van der Waals surface area (Å²) >= 11 is 0. The lowest BCUT2D eigenvalue weighted by Gasteiger charge is -2.31. The summed E-state index contributed by atoms with van der Waals surface area (Å²) in [7, 11) is 0. The average molecular weight is 354 g/mol. The molecule has 1 fully saturated rings. The molecule has 3 heterocycles. The Bertz CT molecular complexity index is 742. The first-order valence-electron chi connectivity index (χ1n) is 8.64. The molecule has 0 unspecified atom stereocenters. The van der Waals surface area contributed by atoms with Gasteiger partial charge in [-0.3, -0.25) is 14.6 Å². The molecule has 0 radical (unpaired) electrons. The van der Waals surface area contributed by atoms with Crippen LogP contribution in [0.1, 0.15) is 35.2 Å². The number of pyridine rings is 1. The average Bonchev–Trinajstić information content (AvgIpc) is 2.67. The van der Waals surface area contributed by atoms with Gasteiger partial charge >= 0.3 is 0 Å². The van der Waals surface area contributed by atoms with Crippen LogP contribution in [0.5, 0.6) is 0 Å². The monoisotopic (exact) mass is 354 g/mol. The number of amides is 2. The molecule has 0 aromatic carbocycles. The lowest BCUT2D eigenvalue weighted by molar-refractivity contribution is -0.119. The van der Waals surface area contributed by atoms with Gasteiger partial charge in [0.05, 0.1) is 5.56 Å². The van der Waals surface area contributed by atoms with E-state index in [2.05, 4.69) is 20.3 Å². The number of nitrogens with two attached hydrogens (primary N) is 1. The molecule has 2 amide bonds. The van der Waals surface area contributed by atoms with Gasteiger partial charge in [0.2, 0.25) is 11.9 Å². The van der Waals surface area contributed by atoms with E-state index in [1.165, 1.54) is 12.4 Å². The Kier molecular flexibility index (Phi) is 5.73. The Labute approximate surface area is 151 Å². The molecule has 1 aliphatic heterocycles. The normalized spacial score (nSPS) is 14.8. The zero-order valence-corrected chi connectivity index (χ0v) is 14.5. The van der Waals surface area contributed by atoms with E-state index in [9.17, 15) is 9.59 Å². The fraction of sp³-hybridized carbons (Fsp3) is 0.389. The predicted octanol–water partition coefficient (Wildman–Crippen LogP) is 1.21. The minimum Gasteiger partial charge on any atom is -0.370 e. The molecular weight excluding hydrogens is 332 g/mol. The summed E-state index contributed by atoms with van der Waals surface area (Å²) in [6.07, 6.45) is 8.54. The molecular formula is C18H22N6O2. The molecule has 26 heavy (non-hydrogen) atoms. The third-order valence-corrected chi connectivity index (χ3v) is 4.46. The highest BCUT2D eigenvalue weighted by Crippen LogP contribution is 2.21. The van der Waals surface area contributed by atoms with E-state index in [0.717, 1.165) is 18.4 Å². The molecule has 0 atom stereocenters. The van der Waals surface area contributed by atoms with Crippen LogP contribution >= 0.6 is 0 Å². The van der Waals surface area contributed by atoms with Crippen LogP contribution in [-0.2, 0) is 11.3 Å². The van der Waals surface area contributed by atoms with Crippen molar-refractivity contribution in [2.75, 3.05) is 18.4 Å². The van der Waals surface area contributed by atoms with Gasteiger partial charge in [-0.15, -0.1) is 0 Å². The molecule has 1 aliphatic rings. The summed E-state index contributed by atoms with van der Waals surface area (Å²) in [6.45, 7) is 1.81. The van der Waals surface area contributed by atoms with E-state index in [-0.39, 0.29) is 17.7 Å². The maximum absolute atomic E-state index is 12.5. The number of aromatic nitrogens is 3. The van der Waals surface area contributed by atoms with Crippen molar-refractivity contribution in [3.63, 3.8) is 0 Å². The smallest absolute Gasteiger partial charge is 0.256 e. The summed E-state index contributed by atoms with van der Waals surface area (Å²) in [4.78, 5) is 37.8. The van der Waals surface area contributed by atoms with Crippen LogP contribution in [0.2, 0.25) is 0 Å². The van der Waals surface area contributed by atoms with Gasteiger partial charge in [-0.1, -0.05) is 6.07 Å². The van der Waals surface area contributed by atoms with Crippen molar-refractivity contribution < 1.29 is 9.59 Å². The third kappa shape index (κ3) is 4.75. The number of primary amides is 1. The van der Waals surface area contributed by atoms with Crippen LogP contribution in [0.25, 0.3) is 0 Å². The van der Waals surface area contributed by atoms with Gasteiger partial charge in [-0.05, 0) is 30.4 Å². The maximum atomic E-state index is 12.5. The Balaban J connectivity index is 1.52. The third-order valence-electron chi connectivity index (χ3n) is 4.46. The molecule has 0 spiro atoms. The van der Waals surface area contributed by atoms with Gasteiger partial charge in [0.15, 0.2) is 0 Å². The molecule has 136 valence electrons. The topological polar surface area (TPSA) is 114 Å². The van der Waals surface area contributed by atoms with Crippen molar-refractivity contribution in [2.45, 2.75) is 25.8 Å². The van der Waals surface area contributed by atoms with Crippen LogP contribution in [0.4, 0.5) is 5.95 Å². The van der Waals surface area contributed by atoms with Gasteiger partial charge in [0.25, 0.3) is 5.91 Å². The summed E-state index contributed by atoms with van der Waals surface area (Å²) in [6, 6.07) is 3.83. The lowest BCUT2D eigenvalue weighted by Crippen LogP contribution is -2.39. The number of hydrogen-bond donors (Lipinski definition) is 2. The number of likely N-dealkylation sites (tertiary alicyclic amines) is 1. The first-order valence-corrected chi connectivity index (χ1v) is 8.64. The standard InChI is InChI=1S/C18H22N6O2/c19-16(25)8-13-3-6-24(7-4-13)17(26)15-11-22-18(23-12-15)21-10-14-2-1-5-20-9-14/h1-2,5,9,11-13H,3-4,6-8,10H2,(H2,19,25)(H,21,22,23). The van der Waals surface area contributed by atoms with Crippen LogP contribution < -0.4 is 11.1 Å². The zero-order valence-electron chi connectivity index (χ0n) is 14.5. The minimum atomic E-state index is -0.280. The lowest BCUT2D eigenvalue weighted by atomic mass is 9.93. The molecule has 2 aromatic heterocycles. The number of nitrogens with one attached hydrogen (secondary N) is 1. The van der Waals surface area contributed by atoms with Gasteiger partial charge in [0, 0.05) is 50.8 Å². The summed E-state index contributed by atoms with van der Waals surface area (Å²) < 4.78 is 0. The largest absolute Gasteiger partial charge is 0.370 e. The summed E-state index contributed by atoms with van der Waals surface area (Å²) in [5.74, 6) is 0.372. The molecule has 1 saturated heterocycles. The molecule has 0 bridgehead atoms. The van der Waals surface area contributed by atoms with Crippen molar-refractivity contribution in [3.05, 3.63) is 48.0 Å². The Morgan fingerprint density at radius 1 is 1.19 bits per heavy atom. The number of carbonyl (C=O) groups is 2. The first kappa shape index (κ1) is 17.8. The molecule has 3 N–H and O–H groups in total. The highest BCUT2D eigenvalue weighted by Gasteiger charge is 2.24. The predicted molar refractivity (Wildman–Crippen MR) is 96.0 cm³/mol. The number of rotatable bonds is 6. The highest BCUT2D eigenvalue weighted by atomic mass is 16.2. The fourth-order valence-electron chi connectivity index (χ4n) is 3.02. The van der Waals surface area contributed by atoms with Gasteiger partial charge < -0.3 is 16.0 Å². The van der Waals surface area contributed by atoms with Gasteiger partial charge in [-0.25, -0.2) is 9.97 Å². The van der Waals surface area contributed by atoms with Crippen LogP contribution in [-0.4, -0.2) is 44.8 Å². The van der Waals surface area contributed by atoms with E-state index >= 15 is 0 Å². The van der Waals surface area contributed by atoms with Crippen molar-refractivity contribution >= 4 is 17.8 Å². The molecule has 8 nitrogen and oxygen atoms in total. The second-order valence-corrected chi connectivity index (χ2v) is 6.42. The van der Waals surface area contributed by atoms with Crippen molar-refractivity contribution in [2.24, 2.45) is 11.7 Å². The van der Waals surface area contributed by atoms with Crippen molar-refractivity contribution in [1.82, 2.24) is 19.9 Å². The number of nitrogens with zero attached hydrogens (tertiary/aromatic N) is 4. The molecule has 0 aliphatic carbocycles. The number of carbonyl (C=O) groups excluding carboxylic acids is 2. The minimum absolute atomic E-state index is 0.0821. The number of piperidine rings is 1. The van der Waals surface area contributed by atoms with Crippen LogP contribution in [0.3, 0.4) is 0 Å². The van der Waals surface area contributed by atoms with Crippen LogP contribution in [0.15, 0.2) is 36.9 Å². The molecule has 3 rings (SSSR count). The Morgan fingerprint density at radius 3 is 2.54 bits per heavy atom. The Morgan fingerprint density at radius 2 is 1.92 bits per heavy atom. The number of hydrogen-bond acceptors (Lipinski definition) is 6. The van der Waals surface area contributed by atoms with Crippen molar-refractivity contribution in [1.29, 1.82) is 0 Å². The van der Waals surface area contributed by atoms with Crippen LogP contribution in [0, 0.1) is 5.92 Å². The molecule has 0 saturated carbocycles. The molecule has 8 heteroatoms. The van der Waals surface area contributed by atoms with Gasteiger partial charge in [0.1, 0.15) is 0 Å². The highest BCUT2D eigenvalue weighted by molar-refractivity contribution is 5.93. The first-order chi connectivity index (χ1) is 12.6. The van der Waals surface area contributed by atoms with E-state index in [1.807, 2.05) is 12.1 Å². The Hall–Kier alpha value is -3.03. The summed E-state index contributed by atoms with van der Waals surface area (Å²) in [5, 5.41) is 3.10. The van der Waals surface area contributed by atoms with E-state index in [1.54, 1.807) is 17.3 Å². The summed E-state index contributed by atoms with van der Waals surface area (Å²) in [5.41, 5.74) is 6.73. The molecule has 2 aromatic rings. The second kappa shape index (κ2) is 8.37. The van der Waals surface area contributed by atoms with E-state index < -0.39 is 0 Å². The van der Waals surface area contributed by atoms with Crippen molar-refractivity contribution in [3.8, 4) is 0 Å². The van der Waals surface area contributed by atoms with Gasteiger partial charge in [-0.2, -0.15) is 0 Å². The SMILES string of the molecule is NC(=O)CC1CCN(C(=O)c2cnc(NCc3cccnc3)nc2)CC1. The maximum Gasteiger partial charge on any atom is 0.256 e. The van der Waals surface area contributed by atoms with E-state index in [0.29, 0.717) is 37.6 Å². The zero-order chi connectivity index (χ0) is 18.4. The number of anilines is 1. The fourth-order valence-corrected chi connectivity index (χ4v) is 3.02. The second-order valence-electron chi connectivity index (χ2n) is 6.42.